The molecule has 21 heavy (non-hydrogen) atoms. The van der Waals surface area contributed by atoms with Gasteiger partial charge in [-0.15, -0.1) is 0 Å². The molecule has 0 radical (unpaired) electrons. The summed E-state index contributed by atoms with van der Waals surface area (Å²) in [6, 6.07) is 7.65. The van der Waals surface area contributed by atoms with Gasteiger partial charge >= 0.3 is 0 Å². The highest BCUT2D eigenvalue weighted by Gasteiger charge is 2.22. The number of rotatable bonds is 5. The minimum atomic E-state index is 0.0199. The Morgan fingerprint density at radius 1 is 1.38 bits per heavy atom. The van der Waals surface area contributed by atoms with Crippen LogP contribution < -0.4 is 10.6 Å². The van der Waals surface area contributed by atoms with Gasteiger partial charge in [0.2, 0.25) is 5.91 Å². The van der Waals surface area contributed by atoms with Gasteiger partial charge in [0.1, 0.15) is 0 Å². The molecule has 2 N–H and O–H groups in total. The normalized spacial score (nSPS) is 21.6. The summed E-state index contributed by atoms with van der Waals surface area (Å²) in [4.78, 5) is 12.2. The standard InChI is InChI=1S/C17H25ClN2O/c1-12(15-4-3-9-19-11-15)10-17(21)20-13(2)14-5-7-16(18)8-6-14/h5-8,12-13,15,19H,3-4,9-11H2,1-2H3,(H,20,21)/t12?,13-,15?/m0/s1. The first-order chi connectivity index (χ1) is 10.1. The number of hydrogen-bond donors (Lipinski definition) is 2. The summed E-state index contributed by atoms with van der Waals surface area (Å²) in [5, 5.41) is 7.22. The molecule has 3 atom stereocenters. The highest BCUT2D eigenvalue weighted by atomic mass is 35.5. The van der Waals surface area contributed by atoms with Crippen molar-refractivity contribution in [3.05, 3.63) is 34.9 Å². The Labute approximate surface area is 132 Å². The van der Waals surface area contributed by atoms with E-state index < -0.39 is 0 Å². The molecule has 4 heteroatoms. The van der Waals surface area contributed by atoms with Gasteiger partial charge in [0.25, 0.3) is 0 Å². The van der Waals surface area contributed by atoms with E-state index in [1.165, 1.54) is 12.8 Å². The average molecular weight is 309 g/mol. The second-order valence-electron chi connectivity index (χ2n) is 6.13. The fraction of sp³-hybridized carbons (Fsp3) is 0.588. The molecule has 1 amide bonds. The first kappa shape index (κ1) is 16.3. The Bertz CT molecular complexity index is 454. The highest BCUT2D eigenvalue weighted by Crippen LogP contribution is 2.23. The Morgan fingerprint density at radius 3 is 2.71 bits per heavy atom. The molecule has 1 saturated heterocycles. The predicted octanol–water partition coefficient (Wildman–Crippen LogP) is 3.54. The monoisotopic (exact) mass is 308 g/mol. The molecule has 1 fully saturated rings. The lowest BCUT2D eigenvalue weighted by Gasteiger charge is -2.28. The minimum Gasteiger partial charge on any atom is -0.350 e. The number of carbonyl (C=O) groups excluding carboxylic acids is 1. The fourth-order valence-corrected chi connectivity index (χ4v) is 3.08. The van der Waals surface area contributed by atoms with E-state index in [1.54, 1.807) is 0 Å². The molecular formula is C17H25ClN2O. The summed E-state index contributed by atoms with van der Waals surface area (Å²) >= 11 is 5.88. The van der Waals surface area contributed by atoms with Gasteiger partial charge in [0, 0.05) is 11.4 Å². The van der Waals surface area contributed by atoms with Crippen molar-refractivity contribution in [1.29, 1.82) is 0 Å². The highest BCUT2D eigenvalue weighted by molar-refractivity contribution is 6.30. The third-order valence-electron chi connectivity index (χ3n) is 4.39. The van der Waals surface area contributed by atoms with Gasteiger partial charge in [-0.05, 0) is 62.4 Å². The molecule has 0 aromatic heterocycles. The quantitative estimate of drug-likeness (QED) is 0.873. The lowest BCUT2D eigenvalue weighted by molar-refractivity contribution is -0.123. The zero-order chi connectivity index (χ0) is 15.2. The number of carbonyl (C=O) groups is 1. The first-order valence-electron chi connectivity index (χ1n) is 7.82. The zero-order valence-electron chi connectivity index (χ0n) is 12.9. The van der Waals surface area contributed by atoms with Crippen molar-refractivity contribution in [3.8, 4) is 0 Å². The van der Waals surface area contributed by atoms with Crippen LogP contribution in [0.2, 0.25) is 5.02 Å². The molecule has 3 nitrogen and oxygen atoms in total. The second-order valence-corrected chi connectivity index (χ2v) is 6.57. The largest absolute Gasteiger partial charge is 0.350 e. The Balaban J connectivity index is 1.81. The van der Waals surface area contributed by atoms with Crippen molar-refractivity contribution in [2.75, 3.05) is 13.1 Å². The number of halogens is 1. The number of nitrogens with one attached hydrogen (secondary N) is 2. The van der Waals surface area contributed by atoms with Gasteiger partial charge in [0.05, 0.1) is 6.04 Å². The van der Waals surface area contributed by atoms with E-state index in [9.17, 15) is 4.79 Å². The van der Waals surface area contributed by atoms with Crippen molar-refractivity contribution >= 4 is 17.5 Å². The van der Waals surface area contributed by atoms with E-state index in [4.69, 9.17) is 11.6 Å². The van der Waals surface area contributed by atoms with Crippen molar-refractivity contribution in [3.63, 3.8) is 0 Å². The van der Waals surface area contributed by atoms with Crippen LogP contribution in [0, 0.1) is 11.8 Å². The smallest absolute Gasteiger partial charge is 0.220 e. The lowest BCUT2D eigenvalue weighted by atomic mass is 9.85. The van der Waals surface area contributed by atoms with Crippen LogP contribution in [-0.2, 0) is 4.79 Å². The maximum Gasteiger partial charge on any atom is 0.220 e. The number of piperidine rings is 1. The van der Waals surface area contributed by atoms with Crippen molar-refractivity contribution in [2.24, 2.45) is 11.8 Å². The predicted molar refractivity (Wildman–Crippen MR) is 87.4 cm³/mol. The fourth-order valence-electron chi connectivity index (χ4n) is 2.96. The molecule has 0 aliphatic carbocycles. The number of hydrogen-bond acceptors (Lipinski definition) is 2. The van der Waals surface area contributed by atoms with Crippen LogP contribution in [0.5, 0.6) is 0 Å². The van der Waals surface area contributed by atoms with Gasteiger partial charge in [-0.2, -0.15) is 0 Å². The Hall–Kier alpha value is -1.06. The lowest BCUT2D eigenvalue weighted by Crippen LogP contribution is -2.36. The van der Waals surface area contributed by atoms with Crippen LogP contribution >= 0.6 is 11.6 Å². The summed E-state index contributed by atoms with van der Waals surface area (Å²) in [7, 11) is 0. The van der Waals surface area contributed by atoms with Gasteiger partial charge < -0.3 is 10.6 Å². The summed E-state index contributed by atoms with van der Waals surface area (Å²) in [5.41, 5.74) is 1.08. The second kappa shape index (κ2) is 7.81. The summed E-state index contributed by atoms with van der Waals surface area (Å²) in [6.07, 6.45) is 3.05. The van der Waals surface area contributed by atoms with E-state index >= 15 is 0 Å². The average Bonchev–Trinajstić information content (AvgIpc) is 2.48. The molecular weight excluding hydrogens is 284 g/mol. The van der Waals surface area contributed by atoms with Crippen LogP contribution in [0.3, 0.4) is 0 Å². The maximum absolute atomic E-state index is 12.2. The third kappa shape index (κ3) is 5.01. The molecule has 2 rings (SSSR count). The van der Waals surface area contributed by atoms with E-state index in [-0.39, 0.29) is 11.9 Å². The summed E-state index contributed by atoms with van der Waals surface area (Å²) in [6.45, 7) is 6.35. The number of benzene rings is 1. The van der Waals surface area contributed by atoms with E-state index in [2.05, 4.69) is 17.6 Å². The van der Waals surface area contributed by atoms with Crippen LogP contribution in [0.25, 0.3) is 0 Å². The van der Waals surface area contributed by atoms with Gasteiger partial charge in [-0.1, -0.05) is 30.7 Å². The minimum absolute atomic E-state index is 0.0199. The van der Waals surface area contributed by atoms with Crippen LogP contribution in [0.1, 0.15) is 44.7 Å². The van der Waals surface area contributed by atoms with Crippen molar-refractivity contribution in [1.82, 2.24) is 10.6 Å². The Morgan fingerprint density at radius 2 is 2.10 bits per heavy atom. The van der Waals surface area contributed by atoms with E-state index in [1.807, 2.05) is 31.2 Å². The summed E-state index contributed by atoms with van der Waals surface area (Å²) < 4.78 is 0. The molecule has 2 unspecified atom stereocenters. The van der Waals surface area contributed by atoms with Gasteiger partial charge in [-0.3, -0.25) is 4.79 Å². The van der Waals surface area contributed by atoms with E-state index in [0.29, 0.717) is 18.3 Å². The molecule has 1 aromatic rings. The van der Waals surface area contributed by atoms with Crippen molar-refractivity contribution in [2.45, 2.75) is 39.2 Å². The first-order valence-corrected chi connectivity index (χ1v) is 8.19. The Kier molecular flexibility index (Phi) is 6.07. The molecule has 0 saturated carbocycles. The summed E-state index contributed by atoms with van der Waals surface area (Å²) in [5.74, 6) is 1.18. The maximum atomic E-state index is 12.2. The topological polar surface area (TPSA) is 41.1 Å². The zero-order valence-corrected chi connectivity index (χ0v) is 13.6. The van der Waals surface area contributed by atoms with E-state index in [0.717, 1.165) is 23.7 Å². The molecule has 116 valence electrons. The molecule has 0 bridgehead atoms. The van der Waals surface area contributed by atoms with Crippen molar-refractivity contribution < 1.29 is 4.79 Å². The molecule has 1 aliphatic heterocycles. The van der Waals surface area contributed by atoms with Gasteiger partial charge in [-0.25, -0.2) is 0 Å². The molecule has 0 spiro atoms. The molecule has 1 aliphatic rings. The van der Waals surface area contributed by atoms with Crippen LogP contribution in [-0.4, -0.2) is 19.0 Å². The number of amides is 1. The molecule has 1 aromatic carbocycles. The van der Waals surface area contributed by atoms with Crippen LogP contribution in [0.4, 0.5) is 0 Å². The SMILES string of the molecule is CC(CC(=O)N[C@@H](C)c1ccc(Cl)cc1)C1CCCNC1. The molecule has 1 heterocycles. The van der Waals surface area contributed by atoms with Gasteiger partial charge in [0.15, 0.2) is 0 Å². The van der Waals surface area contributed by atoms with Crippen LogP contribution in [0.15, 0.2) is 24.3 Å². The third-order valence-corrected chi connectivity index (χ3v) is 4.65.